The molecular formula is C15H19N3. The predicted octanol–water partition coefficient (Wildman–Crippen LogP) is 2.33. The van der Waals surface area contributed by atoms with Crippen molar-refractivity contribution in [2.45, 2.75) is 37.8 Å². The Bertz CT molecular complexity index is 499. The first-order valence-corrected chi connectivity index (χ1v) is 6.63. The Morgan fingerprint density at radius 1 is 1.22 bits per heavy atom. The Labute approximate surface area is 108 Å². The zero-order chi connectivity index (χ0) is 12.4. The molecule has 3 heteroatoms. The first-order chi connectivity index (χ1) is 8.83. The topological polar surface area (TPSA) is 43.8 Å². The van der Waals surface area contributed by atoms with Gasteiger partial charge >= 0.3 is 0 Å². The number of hydrogen-bond donors (Lipinski definition) is 1. The second-order valence-corrected chi connectivity index (χ2v) is 5.18. The molecule has 0 bridgehead atoms. The van der Waals surface area contributed by atoms with E-state index in [1.807, 2.05) is 18.6 Å². The summed E-state index contributed by atoms with van der Waals surface area (Å²) < 4.78 is 2.30. The Hall–Kier alpha value is -1.61. The Morgan fingerprint density at radius 3 is 2.72 bits per heavy atom. The van der Waals surface area contributed by atoms with Crippen LogP contribution in [0.4, 0.5) is 0 Å². The van der Waals surface area contributed by atoms with Crippen LogP contribution in [0.25, 0.3) is 0 Å². The van der Waals surface area contributed by atoms with Gasteiger partial charge in [0.25, 0.3) is 0 Å². The molecule has 0 amide bonds. The molecule has 0 radical (unpaired) electrons. The number of aromatic nitrogens is 2. The first-order valence-electron chi connectivity index (χ1n) is 6.63. The van der Waals surface area contributed by atoms with E-state index in [2.05, 4.69) is 33.8 Å². The van der Waals surface area contributed by atoms with E-state index < -0.39 is 0 Å². The zero-order valence-electron chi connectivity index (χ0n) is 10.5. The molecule has 1 saturated carbocycles. The van der Waals surface area contributed by atoms with Crippen LogP contribution in [0, 0.1) is 0 Å². The van der Waals surface area contributed by atoms with Crippen LogP contribution < -0.4 is 5.73 Å². The van der Waals surface area contributed by atoms with Gasteiger partial charge in [0.15, 0.2) is 0 Å². The molecule has 2 aromatic rings. The summed E-state index contributed by atoms with van der Waals surface area (Å²) >= 11 is 0. The van der Waals surface area contributed by atoms with Crippen molar-refractivity contribution in [3.63, 3.8) is 0 Å². The monoisotopic (exact) mass is 241 g/mol. The van der Waals surface area contributed by atoms with E-state index in [1.165, 1.54) is 24.1 Å². The summed E-state index contributed by atoms with van der Waals surface area (Å²) in [7, 11) is 0. The molecular weight excluding hydrogens is 222 g/mol. The maximum atomic E-state index is 6.25. The molecule has 1 aliphatic rings. The Balaban J connectivity index is 1.63. The summed E-state index contributed by atoms with van der Waals surface area (Å²) in [6.45, 7) is 0. The molecule has 1 atom stereocenters. The van der Waals surface area contributed by atoms with Gasteiger partial charge in [0, 0.05) is 30.4 Å². The van der Waals surface area contributed by atoms with Crippen LogP contribution in [-0.4, -0.2) is 15.6 Å². The molecule has 3 rings (SSSR count). The largest absolute Gasteiger partial charge is 0.331 e. The van der Waals surface area contributed by atoms with Crippen molar-refractivity contribution in [3.8, 4) is 0 Å². The Morgan fingerprint density at radius 2 is 2.00 bits per heavy atom. The van der Waals surface area contributed by atoms with E-state index in [4.69, 9.17) is 5.73 Å². The molecule has 18 heavy (non-hydrogen) atoms. The van der Waals surface area contributed by atoms with Crippen LogP contribution in [0.1, 0.15) is 30.1 Å². The van der Waals surface area contributed by atoms with Crippen molar-refractivity contribution in [1.82, 2.24) is 9.55 Å². The molecule has 0 saturated heterocycles. The molecule has 1 fully saturated rings. The van der Waals surface area contributed by atoms with E-state index in [9.17, 15) is 0 Å². The van der Waals surface area contributed by atoms with Crippen molar-refractivity contribution in [3.05, 3.63) is 54.1 Å². The Kier molecular flexibility index (Phi) is 3.15. The lowest BCUT2D eigenvalue weighted by Crippen LogP contribution is -2.26. The molecule has 1 aromatic carbocycles. The standard InChI is InChI=1S/C15H19N3/c16-13(8-12-4-2-1-3-5-12)9-15-10-17-11-18(15)14-6-7-14/h1-5,10-11,13-14H,6-9,16H2. The van der Waals surface area contributed by atoms with Gasteiger partial charge in [-0.05, 0) is 24.8 Å². The third kappa shape index (κ3) is 2.62. The summed E-state index contributed by atoms with van der Waals surface area (Å²) in [4.78, 5) is 4.25. The zero-order valence-corrected chi connectivity index (χ0v) is 10.5. The quantitative estimate of drug-likeness (QED) is 0.873. The highest BCUT2D eigenvalue weighted by molar-refractivity contribution is 5.16. The molecule has 2 N–H and O–H groups in total. The number of benzene rings is 1. The van der Waals surface area contributed by atoms with Gasteiger partial charge in [-0.1, -0.05) is 30.3 Å². The number of imidazole rings is 1. The highest BCUT2D eigenvalue weighted by Gasteiger charge is 2.25. The highest BCUT2D eigenvalue weighted by Crippen LogP contribution is 2.35. The van der Waals surface area contributed by atoms with Crippen molar-refractivity contribution >= 4 is 0 Å². The van der Waals surface area contributed by atoms with E-state index in [-0.39, 0.29) is 6.04 Å². The number of nitrogens with two attached hydrogens (primary N) is 1. The maximum Gasteiger partial charge on any atom is 0.0950 e. The number of nitrogens with zero attached hydrogens (tertiary/aromatic N) is 2. The van der Waals surface area contributed by atoms with Crippen molar-refractivity contribution in [2.24, 2.45) is 5.73 Å². The van der Waals surface area contributed by atoms with Gasteiger partial charge in [-0.15, -0.1) is 0 Å². The van der Waals surface area contributed by atoms with Gasteiger partial charge in [-0.2, -0.15) is 0 Å². The maximum absolute atomic E-state index is 6.25. The van der Waals surface area contributed by atoms with E-state index in [1.54, 1.807) is 0 Å². The second-order valence-electron chi connectivity index (χ2n) is 5.18. The molecule has 1 heterocycles. The smallest absolute Gasteiger partial charge is 0.0950 e. The first kappa shape index (κ1) is 11.5. The van der Waals surface area contributed by atoms with E-state index in [0.717, 1.165) is 12.8 Å². The molecule has 0 aliphatic heterocycles. The predicted molar refractivity (Wildman–Crippen MR) is 72.3 cm³/mol. The van der Waals surface area contributed by atoms with Crippen LogP contribution in [0.15, 0.2) is 42.9 Å². The van der Waals surface area contributed by atoms with Gasteiger partial charge in [0.05, 0.1) is 6.33 Å². The fourth-order valence-corrected chi connectivity index (χ4v) is 2.43. The average Bonchev–Trinajstić information content (AvgIpc) is 3.12. The lowest BCUT2D eigenvalue weighted by molar-refractivity contribution is 0.610. The summed E-state index contributed by atoms with van der Waals surface area (Å²) in [6.07, 6.45) is 8.32. The molecule has 94 valence electrons. The van der Waals surface area contributed by atoms with Gasteiger partial charge < -0.3 is 10.3 Å². The second kappa shape index (κ2) is 4.94. The summed E-state index contributed by atoms with van der Waals surface area (Å²) in [5.74, 6) is 0. The number of rotatable bonds is 5. The molecule has 1 aromatic heterocycles. The van der Waals surface area contributed by atoms with Gasteiger partial charge in [0.1, 0.15) is 0 Å². The SMILES string of the molecule is NC(Cc1ccccc1)Cc1cncn1C1CC1. The van der Waals surface area contributed by atoms with Crippen LogP contribution in [0.5, 0.6) is 0 Å². The van der Waals surface area contributed by atoms with Crippen LogP contribution in [0.3, 0.4) is 0 Å². The normalized spacial score (nSPS) is 16.7. The number of hydrogen-bond acceptors (Lipinski definition) is 2. The minimum Gasteiger partial charge on any atom is -0.331 e. The van der Waals surface area contributed by atoms with E-state index in [0.29, 0.717) is 6.04 Å². The third-order valence-electron chi connectivity index (χ3n) is 3.50. The van der Waals surface area contributed by atoms with Crippen molar-refractivity contribution < 1.29 is 0 Å². The molecule has 1 unspecified atom stereocenters. The lowest BCUT2D eigenvalue weighted by atomic mass is 10.0. The van der Waals surface area contributed by atoms with Gasteiger partial charge in [-0.3, -0.25) is 0 Å². The summed E-state index contributed by atoms with van der Waals surface area (Å²) in [5, 5.41) is 0. The molecule has 1 aliphatic carbocycles. The minimum absolute atomic E-state index is 0.168. The van der Waals surface area contributed by atoms with Crippen molar-refractivity contribution in [1.29, 1.82) is 0 Å². The molecule has 3 nitrogen and oxygen atoms in total. The highest BCUT2D eigenvalue weighted by atomic mass is 15.1. The van der Waals surface area contributed by atoms with E-state index >= 15 is 0 Å². The summed E-state index contributed by atoms with van der Waals surface area (Å²) in [5.41, 5.74) is 8.83. The van der Waals surface area contributed by atoms with Crippen LogP contribution in [-0.2, 0) is 12.8 Å². The lowest BCUT2D eigenvalue weighted by Gasteiger charge is -2.13. The van der Waals surface area contributed by atoms with Gasteiger partial charge in [-0.25, -0.2) is 4.98 Å². The van der Waals surface area contributed by atoms with Crippen LogP contribution in [0.2, 0.25) is 0 Å². The fourth-order valence-electron chi connectivity index (χ4n) is 2.43. The summed E-state index contributed by atoms with van der Waals surface area (Å²) in [6, 6.07) is 11.3. The third-order valence-corrected chi connectivity index (χ3v) is 3.50. The van der Waals surface area contributed by atoms with Crippen molar-refractivity contribution in [2.75, 3.05) is 0 Å². The minimum atomic E-state index is 0.168. The van der Waals surface area contributed by atoms with Crippen LogP contribution >= 0.6 is 0 Å². The molecule has 0 spiro atoms. The average molecular weight is 241 g/mol. The van der Waals surface area contributed by atoms with Gasteiger partial charge in [0.2, 0.25) is 0 Å². The fraction of sp³-hybridized carbons (Fsp3) is 0.400.